The third-order valence-electron chi connectivity index (χ3n) is 4.85. The molecule has 0 saturated heterocycles. The van der Waals surface area contributed by atoms with Crippen LogP contribution in [0.15, 0.2) is 36.9 Å². The average molecular weight is 378 g/mol. The lowest BCUT2D eigenvalue weighted by molar-refractivity contribution is 0.0783. The van der Waals surface area contributed by atoms with E-state index in [-0.39, 0.29) is 5.91 Å². The molecule has 28 heavy (non-hydrogen) atoms. The molecule has 4 aromatic rings. The molecule has 0 radical (unpaired) electrons. The predicted molar refractivity (Wildman–Crippen MR) is 104 cm³/mol. The Kier molecular flexibility index (Phi) is 4.42. The Morgan fingerprint density at radius 1 is 1.21 bits per heavy atom. The molecule has 4 aromatic heterocycles. The molecule has 0 saturated carbocycles. The van der Waals surface area contributed by atoms with Gasteiger partial charge >= 0.3 is 0 Å². The molecule has 4 heterocycles. The molecule has 9 heteroatoms. The van der Waals surface area contributed by atoms with Gasteiger partial charge in [0, 0.05) is 44.8 Å². The first-order valence-electron chi connectivity index (χ1n) is 9.09. The van der Waals surface area contributed by atoms with Crippen LogP contribution in [-0.2, 0) is 20.1 Å². The van der Waals surface area contributed by atoms with Crippen LogP contribution < -0.4 is 0 Å². The minimum absolute atomic E-state index is 0.137. The molecule has 0 aliphatic carbocycles. The topological polar surface area (TPSA) is 86.1 Å². The van der Waals surface area contributed by atoms with Gasteiger partial charge in [0.25, 0.3) is 5.91 Å². The zero-order valence-corrected chi connectivity index (χ0v) is 16.4. The lowest BCUT2D eigenvalue weighted by Gasteiger charge is -2.16. The number of aryl methyl sites for hydroxylation is 3. The van der Waals surface area contributed by atoms with Gasteiger partial charge in [-0.3, -0.25) is 14.2 Å². The number of fused-ring (bicyclic) bond motifs is 1. The minimum atomic E-state index is -0.137. The Balaban J connectivity index is 1.70. The summed E-state index contributed by atoms with van der Waals surface area (Å²) in [5, 5.41) is 13.1. The first-order valence-corrected chi connectivity index (χ1v) is 9.09. The van der Waals surface area contributed by atoms with E-state index in [9.17, 15) is 4.79 Å². The highest BCUT2D eigenvalue weighted by atomic mass is 16.2. The maximum absolute atomic E-state index is 13.0. The van der Waals surface area contributed by atoms with Gasteiger partial charge in [-0.25, -0.2) is 9.50 Å². The smallest absolute Gasteiger partial charge is 0.259 e. The normalized spacial score (nSPS) is 11.3. The third-order valence-corrected chi connectivity index (χ3v) is 4.85. The number of hydrogen-bond donors (Lipinski definition) is 0. The van der Waals surface area contributed by atoms with Crippen molar-refractivity contribution in [2.45, 2.75) is 26.9 Å². The Morgan fingerprint density at radius 2 is 2.04 bits per heavy atom. The van der Waals surface area contributed by atoms with Crippen molar-refractivity contribution in [1.29, 1.82) is 0 Å². The summed E-state index contributed by atoms with van der Waals surface area (Å²) in [5.74, 6) is -0.137. The van der Waals surface area contributed by atoms with E-state index in [1.807, 2.05) is 43.9 Å². The van der Waals surface area contributed by atoms with Crippen LogP contribution in [0, 0.1) is 6.92 Å². The fourth-order valence-electron chi connectivity index (χ4n) is 3.25. The van der Waals surface area contributed by atoms with Crippen LogP contribution in [0.4, 0.5) is 0 Å². The Hall–Kier alpha value is -3.49. The maximum Gasteiger partial charge on any atom is 0.259 e. The van der Waals surface area contributed by atoms with Crippen LogP contribution in [0.2, 0.25) is 0 Å². The van der Waals surface area contributed by atoms with Crippen molar-refractivity contribution < 1.29 is 4.79 Å². The van der Waals surface area contributed by atoms with Crippen LogP contribution >= 0.6 is 0 Å². The highest BCUT2D eigenvalue weighted by molar-refractivity contribution is 5.99. The Morgan fingerprint density at radius 3 is 2.71 bits per heavy atom. The lowest BCUT2D eigenvalue weighted by atomic mass is 10.2. The predicted octanol–water partition coefficient (Wildman–Crippen LogP) is 1.93. The van der Waals surface area contributed by atoms with Crippen molar-refractivity contribution in [3.05, 3.63) is 53.9 Å². The zero-order chi connectivity index (χ0) is 19.8. The molecule has 0 aliphatic rings. The molecule has 0 N–H and O–H groups in total. The first kappa shape index (κ1) is 17.9. The van der Waals surface area contributed by atoms with E-state index >= 15 is 0 Å². The average Bonchev–Trinajstić information content (AvgIpc) is 3.39. The molecule has 0 aliphatic heterocycles. The second-order valence-electron chi connectivity index (χ2n) is 6.71. The largest absolute Gasteiger partial charge is 0.336 e. The Labute approximate surface area is 162 Å². The van der Waals surface area contributed by atoms with E-state index in [1.165, 1.54) is 0 Å². The minimum Gasteiger partial charge on any atom is -0.336 e. The molecule has 144 valence electrons. The summed E-state index contributed by atoms with van der Waals surface area (Å²) < 4.78 is 5.34. The molecule has 0 bridgehead atoms. The molecule has 0 aromatic carbocycles. The van der Waals surface area contributed by atoms with Gasteiger partial charge in [-0.15, -0.1) is 0 Å². The molecule has 0 atom stereocenters. The molecule has 1 amide bonds. The second kappa shape index (κ2) is 6.91. The maximum atomic E-state index is 13.0. The van der Waals surface area contributed by atoms with E-state index < -0.39 is 0 Å². The standard InChI is InChI=1S/C19H22N8O/c1-5-26-12-16(13(2)23-26)17-7-8-20-18-15(10-22-27(17)18)19(28)24(3)11-14-6-9-21-25(14)4/h6-10,12H,5,11H2,1-4H3. The van der Waals surface area contributed by atoms with Crippen LogP contribution in [0.1, 0.15) is 28.7 Å². The van der Waals surface area contributed by atoms with Crippen LogP contribution in [0.5, 0.6) is 0 Å². The highest BCUT2D eigenvalue weighted by Crippen LogP contribution is 2.24. The summed E-state index contributed by atoms with van der Waals surface area (Å²) in [5.41, 5.74) is 4.68. The van der Waals surface area contributed by atoms with Gasteiger partial charge in [-0.1, -0.05) is 0 Å². The SMILES string of the molecule is CCn1cc(-c2ccnc3c(C(=O)N(C)Cc4ccnn4C)cnn23)c(C)n1. The first-order chi connectivity index (χ1) is 13.5. The molecule has 0 unspecified atom stereocenters. The second-order valence-corrected chi connectivity index (χ2v) is 6.71. The monoisotopic (exact) mass is 378 g/mol. The number of aromatic nitrogens is 7. The van der Waals surface area contributed by atoms with E-state index in [1.54, 1.807) is 39.7 Å². The van der Waals surface area contributed by atoms with Crippen molar-refractivity contribution in [1.82, 2.24) is 39.1 Å². The van der Waals surface area contributed by atoms with Crippen LogP contribution in [0.3, 0.4) is 0 Å². The van der Waals surface area contributed by atoms with E-state index in [0.717, 1.165) is 29.2 Å². The van der Waals surface area contributed by atoms with Crippen molar-refractivity contribution in [2.24, 2.45) is 7.05 Å². The van der Waals surface area contributed by atoms with Gasteiger partial charge in [0.2, 0.25) is 0 Å². The summed E-state index contributed by atoms with van der Waals surface area (Å²) >= 11 is 0. The van der Waals surface area contributed by atoms with Gasteiger partial charge in [0.1, 0.15) is 5.56 Å². The quantitative estimate of drug-likeness (QED) is 0.530. The lowest BCUT2D eigenvalue weighted by Crippen LogP contribution is -2.27. The van der Waals surface area contributed by atoms with Gasteiger partial charge in [0.05, 0.1) is 29.8 Å². The summed E-state index contributed by atoms with van der Waals surface area (Å²) in [7, 11) is 3.62. The number of amides is 1. The number of rotatable bonds is 5. The van der Waals surface area contributed by atoms with Gasteiger partial charge in [-0.05, 0) is 26.0 Å². The molecular formula is C19H22N8O. The Bertz CT molecular complexity index is 1150. The van der Waals surface area contributed by atoms with Crippen molar-refractivity contribution in [3.8, 4) is 11.3 Å². The summed E-state index contributed by atoms with van der Waals surface area (Å²) in [4.78, 5) is 19.1. The van der Waals surface area contributed by atoms with Crippen molar-refractivity contribution in [3.63, 3.8) is 0 Å². The number of carbonyl (C=O) groups excluding carboxylic acids is 1. The molecular weight excluding hydrogens is 356 g/mol. The molecule has 4 rings (SSSR count). The summed E-state index contributed by atoms with van der Waals surface area (Å²) in [6.07, 6.45) is 6.98. The third kappa shape index (κ3) is 2.94. The number of carbonyl (C=O) groups is 1. The van der Waals surface area contributed by atoms with E-state index in [2.05, 4.69) is 20.3 Å². The van der Waals surface area contributed by atoms with Gasteiger partial charge in [-0.2, -0.15) is 15.3 Å². The van der Waals surface area contributed by atoms with Crippen LogP contribution in [-0.4, -0.2) is 52.0 Å². The number of nitrogens with zero attached hydrogens (tertiary/aromatic N) is 8. The van der Waals surface area contributed by atoms with Crippen LogP contribution in [0.25, 0.3) is 16.9 Å². The number of hydrogen-bond acceptors (Lipinski definition) is 5. The van der Waals surface area contributed by atoms with Gasteiger partial charge < -0.3 is 4.90 Å². The molecule has 0 fully saturated rings. The van der Waals surface area contributed by atoms with Gasteiger partial charge in [0.15, 0.2) is 5.65 Å². The van der Waals surface area contributed by atoms with E-state index in [0.29, 0.717) is 17.8 Å². The van der Waals surface area contributed by atoms with Crippen molar-refractivity contribution >= 4 is 11.6 Å². The van der Waals surface area contributed by atoms with Crippen molar-refractivity contribution in [2.75, 3.05) is 7.05 Å². The molecule has 0 spiro atoms. The summed E-state index contributed by atoms with van der Waals surface area (Å²) in [6.45, 7) is 5.25. The highest BCUT2D eigenvalue weighted by Gasteiger charge is 2.21. The fourth-order valence-corrected chi connectivity index (χ4v) is 3.25. The zero-order valence-electron chi connectivity index (χ0n) is 16.4. The fraction of sp³-hybridized carbons (Fsp3) is 0.316. The summed E-state index contributed by atoms with van der Waals surface area (Å²) in [6, 6.07) is 3.78. The van der Waals surface area contributed by atoms with E-state index in [4.69, 9.17) is 0 Å². The molecule has 9 nitrogen and oxygen atoms in total.